The van der Waals surface area contributed by atoms with Gasteiger partial charge in [0.25, 0.3) is 5.56 Å². The van der Waals surface area contributed by atoms with Crippen molar-refractivity contribution in [1.29, 1.82) is 0 Å². The van der Waals surface area contributed by atoms with Crippen LogP contribution in [-0.2, 0) is 10.5 Å². The molecular formula is C23H21ClN4O2S2. The lowest BCUT2D eigenvalue weighted by Crippen LogP contribution is -2.25. The number of fused-ring (bicyclic) bond motifs is 1. The molecule has 0 spiro atoms. The molecular weight excluding hydrogens is 464 g/mol. The number of amides is 1. The van der Waals surface area contributed by atoms with E-state index in [4.69, 9.17) is 16.6 Å². The van der Waals surface area contributed by atoms with Gasteiger partial charge >= 0.3 is 0 Å². The molecule has 4 aromatic rings. The van der Waals surface area contributed by atoms with Crippen LogP contribution in [0.3, 0.4) is 0 Å². The number of aromatic nitrogens is 3. The summed E-state index contributed by atoms with van der Waals surface area (Å²) in [6.45, 7) is 5.44. The summed E-state index contributed by atoms with van der Waals surface area (Å²) >= 11 is 8.95. The second kappa shape index (κ2) is 9.44. The molecule has 0 N–H and O–H groups in total. The Labute approximate surface area is 198 Å². The van der Waals surface area contributed by atoms with E-state index in [1.807, 2.05) is 43.5 Å². The lowest BCUT2D eigenvalue weighted by molar-refractivity contribution is -0.115. The van der Waals surface area contributed by atoms with Gasteiger partial charge in [0.2, 0.25) is 5.91 Å². The Morgan fingerprint density at radius 3 is 2.69 bits per heavy atom. The Hall–Kier alpha value is -2.68. The molecule has 0 saturated heterocycles. The van der Waals surface area contributed by atoms with Crippen LogP contribution in [0.1, 0.15) is 32.5 Å². The van der Waals surface area contributed by atoms with Crippen molar-refractivity contribution in [3.05, 3.63) is 75.0 Å². The normalized spacial score (nSPS) is 11.3. The fourth-order valence-electron chi connectivity index (χ4n) is 3.33. The van der Waals surface area contributed by atoms with Crippen molar-refractivity contribution < 1.29 is 4.79 Å². The highest BCUT2D eigenvalue weighted by atomic mass is 35.5. The first-order chi connectivity index (χ1) is 15.3. The molecule has 0 atom stereocenters. The molecule has 2 aromatic carbocycles. The Kier molecular flexibility index (Phi) is 6.64. The van der Waals surface area contributed by atoms with Gasteiger partial charge in [0.05, 0.1) is 22.3 Å². The minimum atomic E-state index is -0.148. The highest BCUT2D eigenvalue weighted by Crippen LogP contribution is 2.32. The monoisotopic (exact) mass is 484 g/mol. The van der Waals surface area contributed by atoms with Gasteiger partial charge < -0.3 is 0 Å². The highest BCUT2D eigenvalue weighted by molar-refractivity contribution is 7.98. The summed E-state index contributed by atoms with van der Waals surface area (Å²) in [6.07, 6.45) is 0. The molecule has 32 heavy (non-hydrogen) atoms. The third-order valence-electron chi connectivity index (χ3n) is 4.75. The van der Waals surface area contributed by atoms with E-state index < -0.39 is 0 Å². The van der Waals surface area contributed by atoms with Crippen LogP contribution in [0.15, 0.2) is 63.9 Å². The van der Waals surface area contributed by atoms with E-state index in [9.17, 15) is 9.59 Å². The summed E-state index contributed by atoms with van der Waals surface area (Å²) in [5.74, 6) is 0.376. The minimum absolute atomic E-state index is 0.0239. The van der Waals surface area contributed by atoms with Gasteiger partial charge in [0.15, 0.2) is 10.3 Å². The van der Waals surface area contributed by atoms with Crippen molar-refractivity contribution in [2.24, 2.45) is 0 Å². The SMILES string of the molecule is CC(=O)N(c1cccc(Cl)c1)c1nc(CSc2nc3ccccc3c(=O)n2C(C)C)cs1. The predicted molar refractivity (Wildman–Crippen MR) is 132 cm³/mol. The molecule has 1 amide bonds. The largest absolute Gasteiger partial charge is 0.285 e. The second-order valence-electron chi connectivity index (χ2n) is 7.42. The molecule has 2 aromatic heterocycles. The number of benzene rings is 2. The lowest BCUT2D eigenvalue weighted by atomic mass is 10.2. The van der Waals surface area contributed by atoms with Crippen LogP contribution in [0.2, 0.25) is 5.02 Å². The lowest BCUT2D eigenvalue weighted by Gasteiger charge is -2.18. The van der Waals surface area contributed by atoms with Gasteiger partial charge in [0, 0.05) is 29.1 Å². The van der Waals surface area contributed by atoms with Gasteiger partial charge in [0.1, 0.15) is 0 Å². The molecule has 0 radical (unpaired) electrons. The molecule has 0 aliphatic rings. The molecule has 4 rings (SSSR count). The zero-order chi connectivity index (χ0) is 22.8. The fourth-order valence-corrected chi connectivity index (χ4v) is 5.53. The first-order valence-electron chi connectivity index (χ1n) is 10.00. The van der Waals surface area contributed by atoms with Crippen molar-refractivity contribution in [2.75, 3.05) is 4.90 Å². The first kappa shape index (κ1) is 22.5. The second-order valence-corrected chi connectivity index (χ2v) is 9.64. The number of para-hydroxylation sites is 1. The number of carbonyl (C=O) groups excluding carboxylic acids is 1. The molecule has 0 saturated carbocycles. The fraction of sp³-hybridized carbons (Fsp3) is 0.217. The molecule has 0 bridgehead atoms. The Morgan fingerprint density at radius 2 is 1.97 bits per heavy atom. The van der Waals surface area contributed by atoms with Crippen molar-refractivity contribution in [3.63, 3.8) is 0 Å². The topological polar surface area (TPSA) is 68.1 Å². The maximum Gasteiger partial charge on any atom is 0.262 e. The number of halogens is 1. The van der Waals surface area contributed by atoms with Crippen LogP contribution in [0.25, 0.3) is 10.9 Å². The van der Waals surface area contributed by atoms with Crippen molar-refractivity contribution >= 4 is 62.3 Å². The molecule has 0 aliphatic carbocycles. The van der Waals surface area contributed by atoms with Crippen LogP contribution >= 0.6 is 34.7 Å². The first-order valence-corrected chi connectivity index (χ1v) is 12.2. The average molecular weight is 485 g/mol. The number of anilines is 2. The van der Waals surface area contributed by atoms with Crippen molar-refractivity contribution in [1.82, 2.24) is 14.5 Å². The van der Waals surface area contributed by atoms with Gasteiger partial charge in [-0.2, -0.15) is 0 Å². The van der Waals surface area contributed by atoms with E-state index in [2.05, 4.69) is 4.98 Å². The average Bonchev–Trinajstić information content (AvgIpc) is 3.20. The molecule has 9 heteroatoms. The van der Waals surface area contributed by atoms with E-state index in [1.54, 1.807) is 33.7 Å². The van der Waals surface area contributed by atoms with Gasteiger partial charge in [-0.1, -0.05) is 41.6 Å². The molecule has 0 fully saturated rings. The maximum absolute atomic E-state index is 13.0. The van der Waals surface area contributed by atoms with E-state index in [0.717, 1.165) is 5.69 Å². The molecule has 2 heterocycles. The Morgan fingerprint density at radius 1 is 1.19 bits per heavy atom. The zero-order valence-corrected chi connectivity index (χ0v) is 20.2. The van der Waals surface area contributed by atoms with E-state index in [-0.39, 0.29) is 17.5 Å². The van der Waals surface area contributed by atoms with Crippen LogP contribution in [0, 0.1) is 0 Å². The molecule has 6 nitrogen and oxygen atoms in total. The smallest absolute Gasteiger partial charge is 0.262 e. The Bertz CT molecular complexity index is 1350. The number of carbonyl (C=O) groups is 1. The number of hydrogen-bond acceptors (Lipinski definition) is 6. The van der Waals surface area contributed by atoms with Crippen LogP contribution in [0.5, 0.6) is 0 Å². The van der Waals surface area contributed by atoms with Gasteiger partial charge in [-0.05, 0) is 44.2 Å². The summed E-state index contributed by atoms with van der Waals surface area (Å²) < 4.78 is 1.72. The third-order valence-corrected chi connectivity index (χ3v) is 6.85. The van der Waals surface area contributed by atoms with Gasteiger partial charge in [-0.25, -0.2) is 9.97 Å². The number of hydrogen-bond donors (Lipinski definition) is 0. The molecule has 164 valence electrons. The minimum Gasteiger partial charge on any atom is -0.285 e. The van der Waals surface area contributed by atoms with Crippen LogP contribution in [0.4, 0.5) is 10.8 Å². The van der Waals surface area contributed by atoms with E-state index in [1.165, 1.54) is 30.0 Å². The molecule has 0 unspecified atom stereocenters. The van der Waals surface area contributed by atoms with Gasteiger partial charge in [-0.3, -0.25) is 19.1 Å². The number of thioether (sulfide) groups is 1. The van der Waals surface area contributed by atoms with Crippen LogP contribution < -0.4 is 10.5 Å². The van der Waals surface area contributed by atoms with E-state index >= 15 is 0 Å². The highest BCUT2D eigenvalue weighted by Gasteiger charge is 2.19. The summed E-state index contributed by atoms with van der Waals surface area (Å²) in [5, 5.41) is 4.30. The number of nitrogens with zero attached hydrogens (tertiary/aromatic N) is 4. The summed E-state index contributed by atoms with van der Waals surface area (Å²) in [6, 6.07) is 14.5. The third kappa shape index (κ3) is 4.57. The standard InChI is InChI=1S/C23H21ClN4O2S2/c1-14(2)27-21(30)19-9-4-5-10-20(19)26-23(27)32-13-17-12-31-22(25-17)28(15(3)29)18-8-6-7-16(24)11-18/h4-12,14H,13H2,1-3H3. The number of thiazole rings is 1. The van der Waals surface area contributed by atoms with Crippen LogP contribution in [-0.4, -0.2) is 20.4 Å². The number of rotatable bonds is 6. The summed E-state index contributed by atoms with van der Waals surface area (Å²) in [4.78, 5) is 36.2. The van der Waals surface area contributed by atoms with Gasteiger partial charge in [-0.15, -0.1) is 11.3 Å². The molecule has 0 aliphatic heterocycles. The maximum atomic E-state index is 13.0. The van der Waals surface area contributed by atoms with Crippen molar-refractivity contribution in [3.8, 4) is 0 Å². The Balaban J connectivity index is 1.62. The van der Waals surface area contributed by atoms with E-state index in [0.29, 0.717) is 37.7 Å². The summed E-state index contributed by atoms with van der Waals surface area (Å²) in [7, 11) is 0. The predicted octanol–water partition coefficient (Wildman–Crippen LogP) is 6.06. The quantitative estimate of drug-likeness (QED) is 0.245. The van der Waals surface area contributed by atoms with Crippen molar-refractivity contribution in [2.45, 2.75) is 37.7 Å². The summed E-state index contributed by atoms with van der Waals surface area (Å²) in [5.41, 5.74) is 2.11. The zero-order valence-electron chi connectivity index (χ0n) is 17.8.